The summed E-state index contributed by atoms with van der Waals surface area (Å²) in [6, 6.07) is 11.8. The molecule has 0 unspecified atom stereocenters. The molecule has 2 aromatic carbocycles. The maximum absolute atomic E-state index is 13.0. The second kappa shape index (κ2) is 7.16. The molecule has 1 fully saturated rings. The van der Waals surface area contributed by atoms with Crippen molar-refractivity contribution in [2.45, 2.75) is 0 Å². The summed E-state index contributed by atoms with van der Waals surface area (Å²) in [4.78, 5) is 26.2. The molecule has 8 heteroatoms. The number of benzene rings is 2. The van der Waals surface area contributed by atoms with Crippen LogP contribution in [0.2, 0.25) is 0 Å². The number of nitrogens with one attached hydrogen (secondary N) is 1. The van der Waals surface area contributed by atoms with E-state index >= 15 is 0 Å². The van der Waals surface area contributed by atoms with Crippen LogP contribution in [-0.2, 0) is 0 Å². The molecule has 1 N–H and O–H groups in total. The van der Waals surface area contributed by atoms with Crippen molar-refractivity contribution in [1.82, 2.24) is 4.90 Å². The highest BCUT2D eigenvalue weighted by Crippen LogP contribution is 2.18. The van der Waals surface area contributed by atoms with Crippen molar-refractivity contribution in [2.24, 2.45) is 0 Å². The number of nitro groups is 1. The van der Waals surface area contributed by atoms with Gasteiger partial charge >= 0.3 is 6.03 Å². The summed E-state index contributed by atoms with van der Waals surface area (Å²) in [5, 5.41) is 13.4. The molecule has 3 rings (SSSR count). The Morgan fingerprint density at radius 1 is 1.00 bits per heavy atom. The number of amides is 2. The van der Waals surface area contributed by atoms with Crippen LogP contribution in [0.4, 0.5) is 26.2 Å². The predicted octanol–water partition coefficient (Wildman–Crippen LogP) is 3.09. The first-order valence-electron chi connectivity index (χ1n) is 7.84. The van der Waals surface area contributed by atoms with E-state index in [0.29, 0.717) is 31.9 Å². The van der Waals surface area contributed by atoms with E-state index in [1.807, 2.05) is 0 Å². The maximum Gasteiger partial charge on any atom is 0.321 e. The largest absolute Gasteiger partial charge is 0.368 e. The highest BCUT2D eigenvalue weighted by Gasteiger charge is 2.21. The smallest absolute Gasteiger partial charge is 0.321 e. The number of carbonyl (C=O) groups is 1. The fourth-order valence-corrected chi connectivity index (χ4v) is 2.69. The Bertz CT molecular complexity index is 756. The number of nitrogens with zero attached hydrogens (tertiary/aromatic N) is 3. The molecule has 2 aromatic rings. The van der Waals surface area contributed by atoms with Crippen LogP contribution in [-0.4, -0.2) is 42.0 Å². The lowest BCUT2D eigenvalue weighted by Crippen LogP contribution is -2.50. The van der Waals surface area contributed by atoms with Crippen LogP contribution in [0.3, 0.4) is 0 Å². The summed E-state index contributed by atoms with van der Waals surface area (Å²) in [7, 11) is 0. The van der Waals surface area contributed by atoms with Gasteiger partial charge < -0.3 is 15.1 Å². The normalized spacial score (nSPS) is 14.3. The molecular formula is C17H17FN4O3. The molecule has 0 radical (unpaired) electrons. The zero-order valence-corrected chi connectivity index (χ0v) is 13.4. The molecule has 7 nitrogen and oxygen atoms in total. The van der Waals surface area contributed by atoms with E-state index in [0.717, 1.165) is 5.69 Å². The Labute approximate surface area is 143 Å². The number of nitro benzene ring substituents is 1. The van der Waals surface area contributed by atoms with Crippen LogP contribution in [0.5, 0.6) is 0 Å². The molecule has 0 atom stereocenters. The number of hydrogen-bond acceptors (Lipinski definition) is 4. The van der Waals surface area contributed by atoms with Gasteiger partial charge in [-0.3, -0.25) is 10.1 Å². The molecule has 130 valence electrons. The molecule has 2 amide bonds. The van der Waals surface area contributed by atoms with Gasteiger partial charge in [0.25, 0.3) is 5.69 Å². The van der Waals surface area contributed by atoms with Crippen molar-refractivity contribution in [1.29, 1.82) is 0 Å². The SMILES string of the molecule is O=C(Nc1ccc([N+](=O)[O-])cc1)N1CCN(c2ccc(F)cc2)CC1. The van der Waals surface area contributed by atoms with E-state index in [-0.39, 0.29) is 17.5 Å². The zero-order chi connectivity index (χ0) is 17.8. The topological polar surface area (TPSA) is 78.7 Å². The highest BCUT2D eigenvalue weighted by molar-refractivity contribution is 5.89. The first kappa shape index (κ1) is 16.7. The van der Waals surface area contributed by atoms with Crippen molar-refractivity contribution in [3.8, 4) is 0 Å². The van der Waals surface area contributed by atoms with E-state index in [4.69, 9.17) is 0 Å². The van der Waals surface area contributed by atoms with E-state index < -0.39 is 4.92 Å². The number of halogens is 1. The van der Waals surface area contributed by atoms with E-state index in [1.165, 1.54) is 36.4 Å². The Kier molecular flexibility index (Phi) is 4.78. The minimum atomic E-state index is -0.486. The predicted molar refractivity (Wildman–Crippen MR) is 92.3 cm³/mol. The number of non-ortho nitro benzene ring substituents is 1. The van der Waals surface area contributed by atoms with Crippen molar-refractivity contribution in [3.05, 3.63) is 64.5 Å². The van der Waals surface area contributed by atoms with Crippen molar-refractivity contribution >= 4 is 23.1 Å². The van der Waals surface area contributed by atoms with Gasteiger partial charge in [0.15, 0.2) is 0 Å². The fraction of sp³-hybridized carbons (Fsp3) is 0.235. The Balaban J connectivity index is 1.54. The third-order valence-corrected chi connectivity index (χ3v) is 4.09. The van der Waals surface area contributed by atoms with Crippen LogP contribution in [0.1, 0.15) is 0 Å². The minimum Gasteiger partial charge on any atom is -0.368 e. The van der Waals surface area contributed by atoms with Gasteiger partial charge in [-0.05, 0) is 36.4 Å². The van der Waals surface area contributed by atoms with Gasteiger partial charge in [0.05, 0.1) is 4.92 Å². The number of urea groups is 1. The standard InChI is InChI=1S/C17H17FN4O3/c18-13-1-5-15(6-2-13)20-9-11-21(12-10-20)17(23)19-14-3-7-16(8-4-14)22(24)25/h1-8H,9-12H2,(H,19,23). The molecule has 0 spiro atoms. The van der Waals surface area contributed by atoms with Crippen molar-refractivity contribution in [3.63, 3.8) is 0 Å². The number of piperazine rings is 1. The lowest BCUT2D eigenvalue weighted by Gasteiger charge is -2.36. The van der Waals surface area contributed by atoms with Crippen molar-refractivity contribution < 1.29 is 14.1 Å². The maximum atomic E-state index is 13.0. The van der Waals surface area contributed by atoms with Gasteiger partial charge in [0, 0.05) is 49.7 Å². The monoisotopic (exact) mass is 344 g/mol. The number of anilines is 2. The molecule has 0 saturated carbocycles. The number of hydrogen-bond donors (Lipinski definition) is 1. The molecule has 1 heterocycles. The molecule has 0 aromatic heterocycles. The van der Waals surface area contributed by atoms with Crippen LogP contribution >= 0.6 is 0 Å². The van der Waals surface area contributed by atoms with Crippen molar-refractivity contribution in [2.75, 3.05) is 36.4 Å². The van der Waals surface area contributed by atoms with Crippen LogP contribution < -0.4 is 10.2 Å². The summed E-state index contributed by atoms with van der Waals surface area (Å²) in [6.07, 6.45) is 0. The van der Waals surface area contributed by atoms with Gasteiger partial charge in [0.2, 0.25) is 0 Å². The van der Waals surface area contributed by atoms with E-state index in [2.05, 4.69) is 10.2 Å². The third-order valence-electron chi connectivity index (χ3n) is 4.09. The Morgan fingerprint density at radius 2 is 1.60 bits per heavy atom. The Hall–Kier alpha value is -3.16. The fourth-order valence-electron chi connectivity index (χ4n) is 2.69. The average molecular weight is 344 g/mol. The lowest BCUT2D eigenvalue weighted by atomic mass is 10.2. The van der Waals surface area contributed by atoms with Gasteiger partial charge in [-0.2, -0.15) is 0 Å². The van der Waals surface area contributed by atoms with Crippen LogP contribution in [0, 0.1) is 15.9 Å². The summed E-state index contributed by atoms with van der Waals surface area (Å²) in [5.74, 6) is -0.273. The summed E-state index contributed by atoms with van der Waals surface area (Å²) >= 11 is 0. The summed E-state index contributed by atoms with van der Waals surface area (Å²) in [6.45, 7) is 2.38. The first-order valence-corrected chi connectivity index (χ1v) is 7.84. The molecular weight excluding hydrogens is 327 g/mol. The number of rotatable bonds is 3. The molecule has 1 aliphatic rings. The van der Waals surface area contributed by atoms with Gasteiger partial charge in [-0.15, -0.1) is 0 Å². The van der Waals surface area contributed by atoms with Crippen LogP contribution in [0.25, 0.3) is 0 Å². The summed E-state index contributed by atoms with van der Waals surface area (Å²) in [5.41, 5.74) is 1.42. The van der Waals surface area contributed by atoms with Gasteiger partial charge in [0.1, 0.15) is 5.82 Å². The van der Waals surface area contributed by atoms with Gasteiger partial charge in [-0.1, -0.05) is 0 Å². The van der Waals surface area contributed by atoms with E-state index in [9.17, 15) is 19.3 Å². The third kappa shape index (κ3) is 4.03. The average Bonchev–Trinajstić information content (AvgIpc) is 2.63. The molecule has 25 heavy (non-hydrogen) atoms. The second-order valence-corrected chi connectivity index (χ2v) is 5.68. The molecule has 0 aliphatic carbocycles. The first-order chi connectivity index (χ1) is 12.0. The van der Waals surface area contributed by atoms with Gasteiger partial charge in [-0.25, -0.2) is 9.18 Å². The number of carbonyl (C=O) groups excluding carboxylic acids is 1. The minimum absolute atomic E-state index is 0.0223. The molecule has 1 aliphatic heterocycles. The van der Waals surface area contributed by atoms with Crippen LogP contribution in [0.15, 0.2) is 48.5 Å². The molecule has 0 bridgehead atoms. The second-order valence-electron chi connectivity index (χ2n) is 5.68. The zero-order valence-electron chi connectivity index (χ0n) is 13.4. The summed E-state index contributed by atoms with van der Waals surface area (Å²) < 4.78 is 13.0. The lowest BCUT2D eigenvalue weighted by molar-refractivity contribution is -0.384. The molecule has 1 saturated heterocycles. The Morgan fingerprint density at radius 3 is 2.16 bits per heavy atom. The quantitative estimate of drug-likeness (QED) is 0.685. The van der Waals surface area contributed by atoms with E-state index in [1.54, 1.807) is 17.0 Å². The highest BCUT2D eigenvalue weighted by atomic mass is 19.1.